The number of rotatable bonds is 7. The predicted molar refractivity (Wildman–Crippen MR) is 119 cm³/mol. The highest BCUT2D eigenvalue weighted by atomic mass is 19.1. The van der Waals surface area contributed by atoms with Crippen LogP contribution in [0.15, 0.2) is 18.3 Å². The summed E-state index contributed by atoms with van der Waals surface area (Å²) < 4.78 is 40.3. The Morgan fingerprint density at radius 3 is 2.48 bits per heavy atom. The van der Waals surface area contributed by atoms with E-state index in [1.807, 2.05) is 18.7 Å². The van der Waals surface area contributed by atoms with E-state index in [0.29, 0.717) is 42.9 Å². The Morgan fingerprint density at radius 2 is 1.88 bits per heavy atom. The summed E-state index contributed by atoms with van der Waals surface area (Å²) in [5.74, 6) is -0.772. The Balaban J connectivity index is 1.31. The Bertz CT molecular complexity index is 1060. The highest BCUT2D eigenvalue weighted by Crippen LogP contribution is 2.52. The first kappa shape index (κ1) is 22.0. The molecule has 3 fully saturated rings. The molecular formula is C24H28F2N4O3. The minimum Gasteiger partial charge on any atom is -0.484 e. The lowest BCUT2D eigenvalue weighted by molar-refractivity contribution is -0.0171. The number of ether oxygens (including phenoxy) is 2. The van der Waals surface area contributed by atoms with E-state index >= 15 is 0 Å². The largest absolute Gasteiger partial charge is 0.484 e. The molecule has 176 valence electrons. The fraction of sp³-hybridized carbons (Fsp3) is 0.542. The number of nitrogens with zero attached hydrogens (tertiary/aromatic N) is 3. The van der Waals surface area contributed by atoms with Crippen LogP contribution in [0.25, 0.3) is 0 Å². The van der Waals surface area contributed by atoms with E-state index < -0.39 is 17.5 Å². The summed E-state index contributed by atoms with van der Waals surface area (Å²) >= 11 is 0. The first-order valence-electron chi connectivity index (χ1n) is 11.4. The number of aromatic nitrogens is 2. The second-order valence-electron chi connectivity index (χ2n) is 9.58. The van der Waals surface area contributed by atoms with Crippen LogP contribution in [-0.4, -0.2) is 47.8 Å². The fourth-order valence-electron chi connectivity index (χ4n) is 4.91. The van der Waals surface area contributed by atoms with Crippen molar-refractivity contribution >= 4 is 17.4 Å². The number of nitrogens with one attached hydrogen (secondary N) is 1. The van der Waals surface area contributed by atoms with Gasteiger partial charge in [-0.2, -0.15) is 0 Å². The molecule has 3 aliphatic rings. The molecule has 2 heterocycles. The quantitative estimate of drug-likeness (QED) is 0.677. The summed E-state index contributed by atoms with van der Waals surface area (Å²) in [5.41, 5.74) is 0.381. The van der Waals surface area contributed by atoms with E-state index in [4.69, 9.17) is 9.47 Å². The molecule has 1 aromatic heterocycles. The van der Waals surface area contributed by atoms with Crippen molar-refractivity contribution in [1.82, 2.24) is 9.97 Å². The first-order valence-corrected chi connectivity index (χ1v) is 11.4. The van der Waals surface area contributed by atoms with Crippen LogP contribution >= 0.6 is 0 Å². The number of fused-ring (bicyclic) bond motifs is 1. The molecular weight excluding hydrogens is 430 g/mol. The molecule has 0 spiro atoms. The SMILES string of the molecule is CCc1ncc(N2CC(C)(OC)C2)nc1C(=O)Nc1cc(F)c(OC2CC3CC3C2)c(F)c1. The standard InChI is InChI=1S/C24H28F2N4O3/c1-4-19-21(29-20(10-27-19)30-11-24(2,12-30)32-3)23(31)28-15-8-17(25)22(18(26)9-15)33-16-6-13-5-14(13)7-16/h8-10,13-14,16H,4-7,11-12H2,1-3H3,(H,28,31). The van der Waals surface area contributed by atoms with Crippen LogP contribution in [0, 0.1) is 23.5 Å². The van der Waals surface area contributed by atoms with Crippen LogP contribution in [0.2, 0.25) is 0 Å². The molecule has 7 nitrogen and oxygen atoms in total. The van der Waals surface area contributed by atoms with E-state index in [2.05, 4.69) is 15.3 Å². The number of hydrogen-bond acceptors (Lipinski definition) is 6. The molecule has 5 rings (SSSR count). The van der Waals surface area contributed by atoms with E-state index in [-0.39, 0.29) is 28.8 Å². The Hall–Kier alpha value is -2.81. The summed E-state index contributed by atoms with van der Waals surface area (Å²) in [7, 11) is 1.66. The number of carbonyl (C=O) groups is 1. The molecule has 2 atom stereocenters. The highest BCUT2D eigenvalue weighted by molar-refractivity contribution is 6.03. The van der Waals surface area contributed by atoms with E-state index in [1.54, 1.807) is 13.3 Å². The third-order valence-corrected chi connectivity index (χ3v) is 6.99. The number of carbonyl (C=O) groups excluding carboxylic acids is 1. The Kier molecular flexibility index (Phi) is 5.47. The highest BCUT2D eigenvalue weighted by Gasteiger charge is 2.47. The molecule has 1 aromatic carbocycles. The second-order valence-corrected chi connectivity index (χ2v) is 9.58. The summed E-state index contributed by atoms with van der Waals surface area (Å²) in [6.07, 6.45) is 4.86. The van der Waals surface area contributed by atoms with Crippen molar-refractivity contribution in [2.75, 3.05) is 30.4 Å². The number of halogens is 2. The van der Waals surface area contributed by atoms with Gasteiger partial charge in [0.2, 0.25) is 0 Å². The number of hydrogen-bond donors (Lipinski definition) is 1. The lowest BCUT2D eigenvalue weighted by atomic mass is 9.97. The van der Waals surface area contributed by atoms with Gasteiger partial charge in [0.05, 0.1) is 36.7 Å². The maximum atomic E-state index is 14.6. The van der Waals surface area contributed by atoms with Crippen molar-refractivity contribution < 1.29 is 23.0 Å². The van der Waals surface area contributed by atoms with Crippen LogP contribution in [0.1, 0.15) is 49.3 Å². The monoisotopic (exact) mass is 458 g/mol. The molecule has 33 heavy (non-hydrogen) atoms. The molecule has 0 radical (unpaired) electrons. The third-order valence-electron chi connectivity index (χ3n) is 6.99. The molecule has 9 heteroatoms. The lowest BCUT2D eigenvalue weighted by Gasteiger charge is -2.47. The van der Waals surface area contributed by atoms with Gasteiger partial charge in [-0.15, -0.1) is 0 Å². The summed E-state index contributed by atoms with van der Waals surface area (Å²) in [6, 6.07) is 2.16. The molecule has 2 unspecified atom stereocenters. The maximum absolute atomic E-state index is 14.6. The summed E-state index contributed by atoms with van der Waals surface area (Å²) in [4.78, 5) is 23.8. The molecule has 2 aliphatic carbocycles. The minimum absolute atomic E-state index is 0.00165. The average Bonchev–Trinajstić information content (AvgIpc) is 3.39. The maximum Gasteiger partial charge on any atom is 0.276 e. The van der Waals surface area contributed by atoms with Crippen LogP contribution in [0.4, 0.5) is 20.3 Å². The molecule has 2 saturated carbocycles. The Labute approximate surface area is 191 Å². The van der Waals surface area contributed by atoms with Gasteiger partial charge in [-0.1, -0.05) is 6.92 Å². The normalized spacial score (nSPS) is 24.8. The van der Waals surface area contributed by atoms with Crippen LogP contribution in [-0.2, 0) is 11.2 Å². The van der Waals surface area contributed by atoms with Crippen LogP contribution in [0.3, 0.4) is 0 Å². The zero-order valence-corrected chi connectivity index (χ0v) is 19.0. The molecule has 1 N–H and O–H groups in total. The smallest absolute Gasteiger partial charge is 0.276 e. The fourth-order valence-corrected chi connectivity index (χ4v) is 4.91. The number of amides is 1. The molecule has 1 amide bonds. The second kappa shape index (κ2) is 8.20. The van der Waals surface area contributed by atoms with Gasteiger partial charge in [0, 0.05) is 24.9 Å². The van der Waals surface area contributed by atoms with Gasteiger partial charge in [-0.3, -0.25) is 9.78 Å². The van der Waals surface area contributed by atoms with E-state index in [1.165, 1.54) is 6.42 Å². The molecule has 0 bridgehead atoms. The molecule has 2 aromatic rings. The van der Waals surface area contributed by atoms with Gasteiger partial charge >= 0.3 is 0 Å². The van der Waals surface area contributed by atoms with Crippen molar-refractivity contribution in [1.29, 1.82) is 0 Å². The van der Waals surface area contributed by atoms with Crippen LogP contribution in [0.5, 0.6) is 5.75 Å². The number of methoxy groups -OCH3 is 1. The average molecular weight is 459 g/mol. The van der Waals surface area contributed by atoms with Crippen molar-refractivity contribution in [3.8, 4) is 5.75 Å². The van der Waals surface area contributed by atoms with E-state index in [9.17, 15) is 13.6 Å². The zero-order valence-electron chi connectivity index (χ0n) is 19.0. The first-order chi connectivity index (χ1) is 15.8. The summed E-state index contributed by atoms with van der Waals surface area (Å²) in [5, 5.41) is 2.56. The minimum atomic E-state index is -0.833. The van der Waals surface area contributed by atoms with Crippen molar-refractivity contribution in [3.63, 3.8) is 0 Å². The van der Waals surface area contributed by atoms with Crippen molar-refractivity contribution in [3.05, 3.63) is 41.4 Å². The third kappa shape index (κ3) is 4.26. The predicted octanol–water partition coefficient (Wildman–Crippen LogP) is 3.97. The zero-order chi connectivity index (χ0) is 23.3. The van der Waals surface area contributed by atoms with Gasteiger partial charge in [-0.05, 0) is 44.4 Å². The van der Waals surface area contributed by atoms with Gasteiger partial charge in [-0.25, -0.2) is 13.8 Å². The summed E-state index contributed by atoms with van der Waals surface area (Å²) in [6.45, 7) is 5.12. The van der Waals surface area contributed by atoms with Gasteiger partial charge in [0.15, 0.2) is 23.1 Å². The number of benzene rings is 1. The van der Waals surface area contributed by atoms with Crippen LogP contribution < -0.4 is 15.0 Å². The van der Waals surface area contributed by atoms with Gasteiger partial charge in [0.25, 0.3) is 5.91 Å². The van der Waals surface area contributed by atoms with Gasteiger partial charge in [0.1, 0.15) is 5.82 Å². The number of aryl methyl sites for hydroxylation is 1. The molecule has 1 saturated heterocycles. The topological polar surface area (TPSA) is 76.6 Å². The number of anilines is 2. The van der Waals surface area contributed by atoms with Crippen molar-refractivity contribution in [2.45, 2.75) is 51.2 Å². The van der Waals surface area contributed by atoms with E-state index in [0.717, 1.165) is 25.0 Å². The Morgan fingerprint density at radius 1 is 1.21 bits per heavy atom. The lowest BCUT2D eigenvalue weighted by Crippen LogP contribution is -2.61. The van der Waals surface area contributed by atoms with Gasteiger partial charge < -0.3 is 19.7 Å². The van der Waals surface area contributed by atoms with Crippen molar-refractivity contribution in [2.24, 2.45) is 11.8 Å². The molecule has 1 aliphatic heterocycles.